The molecule has 1 aromatic heterocycles. The van der Waals surface area contributed by atoms with Crippen molar-refractivity contribution in [2.75, 3.05) is 23.0 Å². The second-order valence-corrected chi connectivity index (χ2v) is 5.90. The van der Waals surface area contributed by atoms with Gasteiger partial charge in [0, 0.05) is 12.2 Å². The maximum Gasteiger partial charge on any atom is 0.294 e. The smallest absolute Gasteiger partial charge is 0.294 e. The van der Waals surface area contributed by atoms with Gasteiger partial charge < -0.3 is 10.7 Å². The molecular weight excluding hydrogens is 302 g/mol. The molecule has 1 aliphatic rings. The Bertz CT molecular complexity index is 789. The Morgan fingerprint density at radius 2 is 2.14 bits per heavy atom. The second-order valence-electron chi connectivity index (χ2n) is 4.96. The Kier molecular flexibility index (Phi) is 3.84. The van der Waals surface area contributed by atoms with E-state index < -0.39 is 5.56 Å². The molecule has 0 spiro atoms. The third-order valence-corrected chi connectivity index (χ3v) is 4.46. The molecule has 0 radical (unpaired) electrons. The van der Waals surface area contributed by atoms with E-state index in [4.69, 9.17) is 5.84 Å². The van der Waals surface area contributed by atoms with Gasteiger partial charge in [0.05, 0.1) is 5.75 Å². The molecule has 2 N–H and O–H groups in total. The minimum absolute atomic E-state index is 0.0372. The molecule has 0 saturated carbocycles. The molecule has 8 heteroatoms. The highest BCUT2D eigenvalue weighted by molar-refractivity contribution is 7.99. The topological polar surface area (TPSA) is 94.1 Å². The van der Waals surface area contributed by atoms with E-state index in [1.807, 2.05) is 24.3 Å². The number of benzene rings is 1. The normalized spacial score (nSPS) is 13.2. The number of nitrogens with two attached hydrogens (primary N) is 1. The van der Waals surface area contributed by atoms with Gasteiger partial charge in [-0.1, -0.05) is 30.0 Å². The first-order chi connectivity index (χ1) is 10.6. The Balaban J connectivity index is 1.72. The number of anilines is 1. The summed E-state index contributed by atoms with van der Waals surface area (Å²) in [7, 11) is 0. The maximum absolute atomic E-state index is 12.4. The van der Waals surface area contributed by atoms with Crippen LogP contribution in [0.5, 0.6) is 0 Å². The van der Waals surface area contributed by atoms with Crippen LogP contribution in [0, 0.1) is 6.92 Å². The number of nitrogens with zero attached hydrogens (tertiary/aromatic N) is 4. The van der Waals surface area contributed by atoms with Crippen LogP contribution >= 0.6 is 11.8 Å². The summed E-state index contributed by atoms with van der Waals surface area (Å²) in [5, 5.41) is 7.84. The van der Waals surface area contributed by atoms with E-state index in [0.717, 1.165) is 28.5 Å². The molecule has 2 aromatic rings. The Labute approximate surface area is 131 Å². The zero-order valence-electron chi connectivity index (χ0n) is 12.0. The highest BCUT2D eigenvalue weighted by atomic mass is 32.2. The van der Waals surface area contributed by atoms with Gasteiger partial charge in [-0.05, 0) is 25.0 Å². The summed E-state index contributed by atoms with van der Waals surface area (Å²) >= 11 is 1.11. The van der Waals surface area contributed by atoms with Crippen molar-refractivity contribution >= 4 is 23.4 Å². The number of thioether (sulfide) groups is 1. The number of nitrogen functional groups attached to an aromatic ring is 1. The molecule has 22 heavy (non-hydrogen) atoms. The summed E-state index contributed by atoms with van der Waals surface area (Å²) < 4.78 is 0.929. The SMILES string of the molecule is Cc1nnc(SCC(=O)N2CCc3ccccc32)n(N)c1=O. The number of aryl methyl sites for hydroxylation is 1. The predicted molar refractivity (Wildman–Crippen MR) is 84.4 cm³/mol. The number of hydrogen-bond acceptors (Lipinski definition) is 6. The average Bonchev–Trinajstić information content (AvgIpc) is 2.96. The van der Waals surface area contributed by atoms with Crippen molar-refractivity contribution in [3.8, 4) is 0 Å². The zero-order valence-corrected chi connectivity index (χ0v) is 12.8. The molecule has 114 valence electrons. The van der Waals surface area contributed by atoms with Crippen LogP contribution in [0.2, 0.25) is 0 Å². The summed E-state index contributed by atoms with van der Waals surface area (Å²) in [5.41, 5.74) is 1.95. The van der Waals surface area contributed by atoms with Crippen molar-refractivity contribution in [3.63, 3.8) is 0 Å². The molecule has 0 fully saturated rings. The van der Waals surface area contributed by atoms with Gasteiger partial charge in [-0.2, -0.15) is 4.68 Å². The highest BCUT2D eigenvalue weighted by Gasteiger charge is 2.24. The van der Waals surface area contributed by atoms with Gasteiger partial charge in [0.1, 0.15) is 5.69 Å². The fourth-order valence-electron chi connectivity index (χ4n) is 2.37. The van der Waals surface area contributed by atoms with E-state index in [1.165, 1.54) is 5.56 Å². The van der Waals surface area contributed by atoms with Crippen molar-refractivity contribution in [3.05, 3.63) is 45.9 Å². The van der Waals surface area contributed by atoms with Crippen LogP contribution < -0.4 is 16.3 Å². The quantitative estimate of drug-likeness (QED) is 0.648. The van der Waals surface area contributed by atoms with E-state index in [0.29, 0.717) is 6.54 Å². The van der Waals surface area contributed by atoms with Crippen molar-refractivity contribution in [2.24, 2.45) is 0 Å². The number of para-hydroxylation sites is 1. The van der Waals surface area contributed by atoms with Gasteiger partial charge in [0.2, 0.25) is 11.1 Å². The number of carbonyl (C=O) groups is 1. The molecule has 0 unspecified atom stereocenters. The highest BCUT2D eigenvalue weighted by Crippen LogP contribution is 2.28. The molecule has 0 atom stereocenters. The Hall–Kier alpha value is -2.35. The minimum atomic E-state index is -0.406. The summed E-state index contributed by atoms with van der Waals surface area (Å²) in [6.07, 6.45) is 0.860. The third-order valence-electron chi connectivity index (χ3n) is 3.53. The number of amides is 1. The average molecular weight is 317 g/mol. The first kappa shape index (κ1) is 14.6. The van der Waals surface area contributed by atoms with E-state index in [-0.39, 0.29) is 22.5 Å². The van der Waals surface area contributed by atoms with Crippen LogP contribution in [0.25, 0.3) is 0 Å². The molecule has 3 rings (SSSR count). The van der Waals surface area contributed by atoms with Gasteiger partial charge in [-0.25, -0.2) is 0 Å². The van der Waals surface area contributed by atoms with Gasteiger partial charge in [-0.3, -0.25) is 9.59 Å². The monoisotopic (exact) mass is 317 g/mol. The largest absolute Gasteiger partial charge is 0.334 e. The van der Waals surface area contributed by atoms with Gasteiger partial charge in [0.15, 0.2) is 0 Å². The summed E-state index contributed by atoms with van der Waals surface area (Å²) in [5.74, 6) is 5.77. The van der Waals surface area contributed by atoms with Gasteiger partial charge in [0.25, 0.3) is 5.56 Å². The van der Waals surface area contributed by atoms with E-state index in [9.17, 15) is 9.59 Å². The molecule has 1 aromatic carbocycles. The summed E-state index contributed by atoms with van der Waals surface area (Å²) in [6.45, 7) is 2.22. The zero-order chi connectivity index (χ0) is 15.7. The van der Waals surface area contributed by atoms with Crippen LogP contribution in [-0.2, 0) is 11.2 Å². The van der Waals surface area contributed by atoms with Crippen molar-refractivity contribution in [2.45, 2.75) is 18.5 Å². The van der Waals surface area contributed by atoms with E-state index >= 15 is 0 Å². The lowest BCUT2D eigenvalue weighted by molar-refractivity contribution is -0.116. The molecule has 7 nitrogen and oxygen atoms in total. The Morgan fingerprint density at radius 3 is 2.95 bits per heavy atom. The van der Waals surface area contributed by atoms with Crippen LogP contribution in [-0.4, -0.2) is 33.1 Å². The van der Waals surface area contributed by atoms with Crippen LogP contribution in [0.1, 0.15) is 11.3 Å². The lowest BCUT2D eigenvalue weighted by Gasteiger charge is -2.17. The molecule has 2 heterocycles. The van der Waals surface area contributed by atoms with E-state index in [1.54, 1.807) is 11.8 Å². The fraction of sp³-hybridized carbons (Fsp3) is 0.286. The van der Waals surface area contributed by atoms with Crippen molar-refractivity contribution < 1.29 is 4.79 Å². The molecule has 0 aliphatic carbocycles. The number of carbonyl (C=O) groups excluding carboxylic acids is 1. The first-order valence-electron chi connectivity index (χ1n) is 6.80. The maximum atomic E-state index is 12.4. The summed E-state index contributed by atoms with van der Waals surface area (Å²) in [4.78, 5) is 25.8. The van der Waals surface area contributed by atoms with Crippen LogP contribution in [0.15, 0.2) is 34.2 Å². The molecular formula is C14H15N5O2S. The molecule has 0 saturated heterocycles. The van der Waals surface area contributed by atoms with Crippen LogP contribution in [0.4, 0.5) is 5.69 Å². The Morgan fingerprint density at radius 1 is 1.36 bits per heavy atom. The third kappa shape index (κ3) is 2.57. The van der Waals surface area contributed by atoms with Gasteiger partial charge in [-0.15, -0.1) is 10.2 Å². The van der Waals surface area contributed by atoms with E-state index in [2.05, 4.69) is 10.2 Å². The van der Waals surface area contributed by atoms with Crippen molar-refractivity contribution in [1.29, 1.82) is 0 Å². The lowest BCUT2D eigenvalue weighted by Crippen LogP contribution is -2.34. The molecule has 1 amide bonds. The number of rotatable bonds is 3. The van der Waals surface area contributed by atoms with Crippen molar-refractivity contribution in [1.82, 2.24) is 14.9 Å². The standard InChI is InChI=1S/C14H15N5O2S/c1-9-13(21)19(15)14(17-16-9)22-8-12(20)18-7-6-10-4-2-3-5-11(10)18/h2-5H,6-8,15H2,1H3. The number of fused-ring (bicyclic) bond motifs is 1. The molecule has 0 bridgehead atoms. The second kappa shape index (κ2) is 5.80. The molecule has 1 aliphatic heterocycles. The van der Waals surface area contributed by atoms with Crippen LogP contribution in [0.3, 0.4) is 0 Å². The minimum Gasteiger partial charge on any atom is -0.334 e. The number of aromatic nitrogens is 3. The predicted octanol–water partition coefficient (Wildman–Crippen LogP) is 0.342. The first-order valence-corrected chi connectivity index (χ1v) is 7.79. The van der Waals surface area contributed by atoms with Gasteiger partial charge >= 0.3 is 0 Å². The summed E-state index contributed by atoms with van der Waals surface area (Å²) in [6, 6.07) is 7.85. The lowest BCUT2D eigenvalue weighted by atomic mass is 10.2. The number of hydrogen-bond donors (Lipinski definition) is 1. The fourth-order valence-corrected chi connectivity index (χ4v) is 3.10.